The van der Waals surface area contributed by atoms with E-state index in [1.54, 1.807) is 0 Å². The summed E-state index contributed by atoms with van der Waals surface area (Å²) in [5.41, 5.74) is 0. The smallest absolute Gasteiger partial charge is 0.186 e. The number of carbonyl (C=O) groups is 1. The highest BCUT2D eigenvalue weighted by molar-refractivity contribution is 8.14. The molecule has 1 atom stereocenters. The van der Waals surface area contributed by atoms with Crippen molar-refractivity contribution in [3.05, 3.63) is 30.3 Å². The summed E-state index contributed by atoms with van der Waals surface area (Å²) in [6.07, 6.45) is 0. The fourth-order valence-corrected chi connectivity index (χ4v) is 2.00. The molecule has 15 heavy (non-hydrogen) atoms. The van der Waals surface area contributed by atoms with Crippen LogP contribution < -0.4 is 4.74 Å². The first kappa shape index (κ1) is 12.4. The number of thioether (sulfide) groups is 1. The molecule has 0 saturated heterocycles. The van der Waals surface area contributed by atoms with Gasteiger partial charge in [0.15, 0.2) is 5.12 Å². The molecule has 1 aromatic carbocycles. The van der Waals surface area contributed by atoms with Crippen molar-refractivity contribution >= 4 is 28.5 Å². The standard InChI is InChI=1S/C11H13ClO2S/c1-9(13)15-11(7-12)8-14-10-5-3-2-4-6-10/h2-6,11H,7-8H2,1H3. The third-order valence-corrected chi connectivity index (χ3v) is 3.21. The fraction of sp³-hybridized carbons (Fsp3) is 0.364. The molecule has 1 unspecified atom stereocenters. The minimum Gasteiger partial charge on any atom is -0.492 e. The molecule has 1 rings (SSSR count). The number of rotatable bonds is 5. The van der Waals surface area contributed by atoms with E-state index in [4.69, 9.17) is 16.3 Å². The van der Waals surface area contributed by atoms with Crippen molar-refractivity contribution in [3.63, 3.8) is 0 Å². The van der Waals surface area contributed by atoms with E-state index < -0.39 is 0 Å². The summed E-state index contributed by atoms with van der Waals surface area (Å²) in [4.78, 5) is 10.9. The Labute approximate surface area is 99.0 Å². The second-order valence-corrected chi connectivity index (χ2v) is 4.80. The van der Waals surface area contributed by atoms with Gasteiger partial charge in [0, 0.05) is 12.8 Å². The lowest BCUT2D eigenvalue weighted by molar-refractivity contribution is -0.109. The maximum atomic E-state index is 10.9. The summed E-state index contributed by atoms with van der Waals surface area (Å²) in [5, 5.41) is 0.0849. The largest absolute Gasteiger partial charge is 0.492 e. The third-order valence-electron chi connectivity index (χ3n) is 1.68. The molecule has 4 heteroatoms. The van der Waals surface area contributed by atoms with Gasteiger partial charge < -0.3 is 4.74 Å². The second-order valence-electron chi connectivity index (χ2n) is 3.01. The van der Waals surface area contributed by atoms with Crippen molar-refractivity contribution in [2.45, 2.75) is 12.2 Å². The van der Waals surface area contributed by atoms with Crippen molar-refractivity contribution < 1.29 is 9.53 Å². The van der Waals surface area contributed by atoms with Gasteiger partial charge in [0.2, 0.25) is 0 Å². The van der Waals surface area contributed by atoms with Gasteiger partial charge in [0.1, 0.15) is 12.4 Å². The van der Waals surface area contributed by atoms with Crippen molar-refractivity contribution in [2.75, 3.05) is 12.5 Å². The van der Waals surface area contributed by atoms with E-state index in [2.05, 4.69) is 0 Å². The van der Waals surface area contributed by atoms with Gasteiger partial charge in [-0.3, -0.25) is 4.79 Å². The number of ether oxygens (including phenoxy) is 1. The molecule has 0 N–H and O–H groups in total. The van der Waals surface area contributed by atoms with E-state index in [9.17, 15) is 4.79 Å². The van der Waals surface area contributed by atoms with Gasteiger partial charge in [0.05, 0.1) is 5.25 Å². The molecule has 0 aliphatic rings. The van der Waals surface area contributed by atoms with Gasteiger partial charge >= 0.3 is 0 Å². The molecule has 0 heterocycles. The van der Waals surface area contributed by atoms with Crippen LogP contribution in [0.1, 0.15) is 6.92 Å². The molecular formula is C11H13ClO2S. The second kappa shape index (κ2) is 6.75. The Balaban J connectivity index is 2.37. The monoisotopic (exact) mass is 244 g/mol. The molecule has 0 amide bonds. The van der Waals surface area contributed by atoms with Crippen LogP contribution in [-0.4, -0.2) is 22.9 Å². The minimum absolute atomic E-state index is 0.0179. The molecule has 0 aliphatic carbocycles. The summed E-state index contributed by atoms with van der Waals surface area (Å²) < 4.78 is 5.50. The molecule has 0 aliphatic heterocycles. The normalized spacial score (nSPS) is 12.1. The molecule has 0 bridgehead atoms. The fourth-order valence-electron chi connectivity index (χ4n) is 1.05. The molecule has 0 fully saturated rings. The lowest BCUT2D eigenvalue weighted by Crippen LogP contribution is -2.17. The maximum absolute atomic E-state index is 10.9. The Hall–Kier alpha value is -0.670. The first-order valence-corrected chi connectivity index (χ1v) is 6.05. The highest BCUT2D eigenvalue weighted by atomic mass is 35.5. The van der Waals surface area contributed by atoms with Crippen molar-refractivity contribution in [2.24, 2.45) is 0 Å². The van der Waals surface area contributed by atoms with Crippen molar-refractivity contribution in [1.82, 2.24) is 0 Å². The number of para-hydroxylation sites is 1. The van der Waals surface area contributed by atoms with E-state index in [0.29, 0.717) is 12.5 Å². The predicted octanol–water partition coefficient (Wildman–Crippen LogP) is 2.95. The zero-order valence-electron chi connectivity index (χ0n) is 8.48. The molecule has 1 aromatic rings. The number of carbonyl (C=O) groups excluding carboxylic acids is 1. The number of halogens is 1. The van der Waals surface area contributed by atoms with Gasteiger partial charge in [-0.25, -0.2) is 0 Å². The van der Waals surface area contributed by atoms with Gasteiger partial charge in [-0.1, -0.05) is 30.0 Å². The summed E-state index contributed by atoms with van der Waals surface area (Å²) >= 11 is 6.95. The average molecular weight is 245 g/mol. The van der Waals surface area contributed by atoms with E-state index in [1.165, 1.54) is 18.7 Å². The van der Waals surface area contributed by atoms with E-state index in [1.807, 2.05) is 30.3 Å². The first-order valence-electron chi connectivity index (χ1n) is 4.63. The number of hydrogen-bond acceptors (Lipinski definition) is 3. The third kappa shape index (κ3) is 5.09. The average Bonchev–Trinajstić information content (AvgIpc) is 2.25. The quantitative estimate of drug-likeness (QED) is 0.745. The molecular weight excluding hydrogens is 232 g/mol. The van der Waals surface area contributed by atoms with Crippen LogP contribution in [-0.2, 0) is 4.79 Å². The van der Waals surface area contributed by atoms with E-state index in [0.717, 1.165) is 5.75 Å². The predicted molar refractivity (Wildman–Crippen MR) is 64.7 cm³/mol. The van der Waals surface area contributed by atoms with Crippen LogP contribution >= 0.6 is 23.4 Å². The summed E-state index contributed by atoms with van der Waals surface area (Å²) in [5.74, 6) is 1.22. The van der Waals surface area contributed by atoms with Gasteiger partial charge in [-0.2, -0.15) is 0 Å². The molecule has 0 spiro atoms. The Kier molecular flexibility index (Phi) is 5.58. The molecule has 0 saturated carbocycles. The summed E-state index contributed by atoms with van der Waals surface area (Å²) in [7, 11) is 0. The Morgan fingerprint density at radius 1 is 1.47 bits per heavy atom. The minimum atomic E-state index is 0.0179. The molecule has 0 aromatic heterocycles. The lowest BCUT2D eigenvalue weighted by atomic mass is 10.3. The van der Waals surface area contributed by atoms with Crippen molar-refractivity contribution in [3.8, 4) is 5.75 Å². The zero-order chi connectivity index (χ0) is 11.1. The SMILES string of the molecule is CC(=O)SC(CCl)COc1ccccc1. The van der Waals surface area contributed by atoms with Gasteiger partial charge in [-0.15, -0.1) is 11.6 Å². The van der Waals surface area contributed by atoms with Crippen LogP contribution in [0.2, 0.25) is 0 Å². The van der Waals surface area contributed by atoms with Crippen LogP contribution in [0.15, 0.2) is 30.3 Å². The van der Waals surface area contributed by atoms with Crippen LogP contribution in [0.3, 0.4) is 0 Å². The first-order chi connectivity index (χ1) is 7.22. The number of alkyl halides is 1. The Morgan fingerprint density at radius 2 is 2.13 bits per heavy atom. The highest BCUT2D eigenvalue weighted by Crippen LogP contribution is 2.16. The summed E-state index contributed by atoms with van der Waals surface area (Å²) in [6, 6.07) is 9.50. The van der Waals surface area contributed by atoms with Crippen LogP contribution in [0.5, 0.6) is 5.75 Å². The van der Waals surface area contributed by atoms with Crippen molar-refractivity contribution in [1.29, 1.82) is 0 Å². The molecule has 0 radical (unpaired) electrons. The van der Waals surface area contributed by atoms with Crippen LogP contribution in [0, 0.1) is 0 Å². The molecule has 82 valence electrons. The Morgan fingerprint density at radius 3 is 2.67 bits per heavy atom. The van der Waals surface area contributed by atoms with E-state index in [-0.39, 0.29) is 10.4 Å². The summed E-state index contributed by atoms with van der Waals surface area (Å²) in [6.45, 7) is 1.99. The van der Waals surface area contributed by atoms with Crippen LogP contribution in [0.4, 0.5) is 0 Å². The van der Waals surface area contributed by atoms with Crippen LogP contribution in [0.25, 0.3) is 0 Å². The van der Waals surface area contributed by atoms with Gasteiger partial charge in [0.25, 0.3) is 0 Å². The topological polar surface area (TPSA) is 26.3 Å². The maximum Gasteiger partial charge on any atom is 0.186 e. The van der Waals surface area contributed by atoms with E-state index >= 15 is 0 Å². The molecule has 2 nitrogen and oxygen atoms in total. The zero-order valence-corrected chi connectivity index (χ0v) is 10.1. The highest BCUT2D eigenvalue weighted by Gasteiger charge is 2.11. The number of benzene rings is 1. The Bertz CT molecular complexity index is 303. The van der Waals surface area contributed by atoms with Gasteiger partial charge in [-0.05, 0) is 12.1 Å². The lowest BCUT2D eigenvalue weighted by Gasteiger charge is -2.12. The number of hydrogen-bond donors (Lipinski definition) is 0.